The Labute approximate surface area is 151 Å². The predicted octanol–water partition coefficient (Wildman–Crippen LogP) is 5.29. The van der Waals surface area contributed by atoms with Gasteiger partial charge in [0.2, 0.25) is 0 Å². The van der Waals surface area contributed by atoms with E-state index in [-0.39, 0.29) is 11.8 Å². The van der Waals surface area contributed by atoms with E-state index in [2.05, 4.69) is 4.98 Å². The topological polar surface area (TPSA) is 56.3 Å². The zero-order valence-corrected chi connectivity index (χ0v) is 15.9. The summed E-state index contributed by atoms with van der Waals surface area (Å²) in [5.41, 5.74) is 1.67. The van der Waals surface area contributed by atoms with E-state index in [1.807, 2.05) is 30.5 Å². The molecule has 0 fully saturated rings. The van der Waals surface area contributed by atoms with Gasteiger partial charge in [-0.1, -0.05) is 0 Å². The van der Waals surface area contributed by atoms with Crippen LogP contribution in [0, 0.1) is 6.92 Å². The number of thiophene rings is 2. The van der Waals surface area contributed by atoms with E-state index in [1.54, 1.807) is 25.2 Å². The van der Waals surface area contributed by atoms with Crippen molar-refractivity contribution in [1.29, 1.82) is 0 Å². The van der Waals surface area contributed by atoms with Crippen LogP contribution >= 0.6 is 34.0 Å². The van der Waals surface area contributed by atoms with Crippen LogP contribution in [0.5, 0.6) is 0 Å². The molecule has 3 aromatic heterocycles. The maximum Gasteiger partial charge on any atom is 0.350 e. The molecule has 0 radical (unpaired) electrons. The fraction of sp³-hybridized carbons (Fsp3) is 0.235. The molecule has 7 heteroatoms. The molecule has 0 aliphatic carbocycles. The molecule has 0 spiro atoms. The minimum absolute atomic E-state index is 0.0686. The first-order valence-electron chi connectivity index (χ1n) is 7.34. The maximum atomic E-state index is 12.0. The zero-order chi connectivity index (χ0) is 17.3. The smallest absolute Gasteiger partial charge is 0.350 e. The Balaban J connectivity index is 2.00. The molecule has 3 rings (SSSR count). The molecule has 0 amide bonds. The Morgan fingerprint density at radius 1 is 1.21 bits per heavy atom. The summed E-state index contributed by atoms with van der Waals surface area (Å²) < 4.78 is 5.08. The Morgan fingerprint density at radius 3 is 2.67 bits per heavy atom. The zero-order valence-electron chi connectivity index (χ0n) is 13.4. The molecule has 0 aromatic carbocycles. The van der Waals surface area contributed by atoms with Crippen molar-refractivity contribution in [2.24, 2.45) is 0 Å². The Kier molecular flexibility index (Phi) is 4.93. The molecule has 0 bridgehead atoms. The van der Waals surface area contributed by atoms with Gasteiger partial charge in [-0.3, -0.25) is 4.79 Å². The molecule has 0 saturated heterocycles. The van der Waals surface area contributed by atoms with Gasteiger partial charge in [-0.2, -0.15) is 0 Å². The summed E-state index contributed by atoms with van der Waals surface area (Å²) in [4.78, 5) is 31.5. The lowest BCUT2D eigenvalue weighted by Gasteiger charge is -1.98. The molecular formula is C17H15NO3S3. The van der Waals surface area contributed by atoms with Gasteiger partial charge in [-0.15, -0.1) is 34.0 Å². The van der Waals surface area contributed by atoms with E-state index >= 15 is 0 Å². The van der Waals surface area contributed by atoms with Crippen molar-refractivity contribution in [1.82, 2.24) is 4.98 Å². The van der Waals surface area contributed by atoms with Gasteiger partial charge in [0.05, 0.1) is 22.1 Å². The number of nitrogens with zero attached hydrogens (tertiary/aromatic N) is 1. The van der Waals surface area contributed by atoms with Crippen molar-refractivity contribution in [2.45, 2.75) is 20.8 Å². The molecule has 24 heavy (non-hydrogen) atoms. The third kappa shape index (κ3) is 3.19. The molecule has 4 nitrogen and oxygen atoms in total. The number of aryl methyl sites for hydroxylation is 1. The minimum Gasteiger partial charge on any atom is -0.462 e. The first-order chi connectivity index (χ1) is 11.5. The number of ketones is 1. The minimum atomic E-state index is -0.328. The lowest BCUT2D eigenvalue weighted by molar-refractivity contribution is 0.0531. The van der Waals surface area contributed by atoms with Crippen molar-refractivity contribution < 1.29 is 14.3 Å². The first kappa shape index (κ1) is 17.0. The third-order valence-electron chi connectivity index (χ3n) is 3.33. The average molecular weight is 378 g/mol. The van der Waals surface area contributed by atoms with Crippen LogP contribution in [0.25, 0.3) is 20.3 Å². The number of hydrogen-bond acceptors (Lipinski definition) is 7. The highest BCUT2D eigenvalue weighted by Gasteiger charge is 2.20. The second kappa shape index (κ2) is 6.96. The van der Waals surface area contributed by atoms with Crippen LogP contribution in [-0.4, -0.2) is 23.3 Å². The number of aromatic nitrogens is 1. The highest BCUT2D eigenvalue weighted by molar-refractivity contribution is 7.23. The van der Waals surface area contributed by atoms with Crippen molar-refractivity contribution in [3.63, 3.8) is 0 Å². The quantitative estimate of drug-likeness (QED) is 0.448. The molecule has 0 saturated carbocycles. The van der Waals surface area contributed by atoms with Crippen LogP contribution in [0.2, 0.25) is 0 Å². The van der Waals surface area contributed by atoms with E-state index in [4.69, 9.17) is 4.74 Å². The fourth-order valence-corrected chi connectivity index (χ4v) is 5.21. The third-order valence-corrected chi connectivity index (χ3v) is 6.78. The van der Waals surface area contributed by atoms with Gasteiger partial charge in [0.1, 0.15) is 9.88 Å². The highest BCUT2D eigenvalue weighted by Crippen LogP contribution is 2.42. The number of hydrogen-bond donors (Lipinski definition) is 0. The number of esters is 1. The molecule has 0 unspecified atom stereocenters. The van der Waals surface area contributed by atoms with Crippen molar-refractivity contribution in [3.05, 3.63) is 39.0 Å². The molecule has 0 N–H and O–H groups in total. The number of carbonyl (C=O) groups is 2. The molecule has 0 aliphatic heterocycles. The Bertz CT molecular complexity index is 904. The Hall–Kier alpha value is -1.83. The number of thiazole rings is 1. The second-order valence-corrected chi connectivity index (χ2v) is 8.04. The lowest BCUT2D eigenvalue weighted by atomic mass is 10.2. The van der Waals surface area contributed by atoms with Crippen molar-refractivity contribution >= 4 is 45.8 Å². The Morgan fingerprint density at radius 2 is 2.00 bits per heavy atom. The van der Waals surface area contributed by atoms with E-state index in [0.717, 1.165) is 25.2 Å². The van der Waals surface area contributed by atoms with Crippen LogP contribution in [0.4, 0.5) is 0 Å². The van der Waals surface area contributed by atoms with Gasteiger partial charge in [0.15, 0.2) is 5.78 Å². The number of ether oxygens (including phenoxy) is 1. The summed E-state index contributed by atoms with van der Waals surface area (Å²) in [6.45, 7) is 5.52. The van der Waals surface area contributed by atoms with Gasteiger partial charge in [-0.05, 0) is 44.4 Å². The van der Waals surface area contributed by atoms with Crippen LogP contribution in [0.3, 0.4) is 0 Å². The van der Waals surface area contributed by atoms with Crippen LogP contribution in [-0.2, 0) is 4.74 Å². The van der Waals surface area contributed by atoms with Crippen molar-refractivity contribution in [3.8, 4) is 20.3 Å². The summed E-state index contributed by atoms with van der Waals surface area (Å²) in [6, 6.07) is 5.81. The van der Waals surface area contributed by atoms with E-state index in [1.165, 1.54) is 22.7 Å². The summed E-state index contributed by atoms with van der Waals surface area (Å²) in [5.74, 6) is -0.260. The largest absolute Gasteiger partial charge is 0.462 e. The standard InChI is InChI=1S/C17H15NO3S3/c1-4-21-17(20)14-9(2)18-16(24-14)11-7-8-22-15(11)13-6-5-12(23-13)10(3)19/h5-8H,4H2,1-3H3. The molecule has 3 heterocycles. The summed E-state index contributed by atoms with van der Waals surface area (Å²) in [7, 11) is 0. The number of Topliss-reactive ketones (excluding diaryl/α,β-unsaturated/α-hetero) is 1. The van der Waals surface area contributed by atoms with Crippen molar-refractivity contribution in [2.75, 3.05) is 6.61 Å². The normalized spacial score (nSPS) is 10.8. The van der Waals surface area contributed by atoms with E-state index in [0.29, 0.717) is 17.2 Å². The summed E-state index contributed by atoms with van der Waals surface area (Å²) in [5, 5.41) is 2.79. The predicted molar refractivity (Wildman–Crippen MR) is 99.4 cm³/mol. The molecule has 0 atom stereocenters. The van der Waals surface area contributed by atoms with Gasteiger partial charge < -0.3 is 4.74 Å². The number of rotatable bonds is 5. The molecule has 0 aliphatic rings. The summed E-state index contributed by atoms with van der Waals surface area (Å²) in [6.07, 6.45) is 0. The second-order valence-electron chi connectivity index (χ2n) is 5.04. The number of carbonyl (C=O) groups excluding carboxylic acids is 2. The van der Waals surface area contributed by atoms with Gasteiger partial charge in [-0.25, -0.2) is 9.78 Å². The van der Waals surface area contributed by atoms with Gasteiger partial charge in [0, 0.05) is 10.4 Å². The average Bonchev–Trinajstić information content (AvgIpc) is 3.25. The van der Waals surface area contributed by atoms with Crippen LogP contribution in [0.1, 0.15) is 38.9 Å². The van der Waals surface area contributed by atoms with E-state index in [9.17, 15) is 9.59 Å². The molecular weight excluding hydrogens is 362 g/mol. The van der Waals surface area contributed by atoms with Crippen LogP contribution < -0.4 is 0 Å². The summed E-state index contributed by atoms with van der Waals surface area (Å²) >= 11 is 4.43. The lowest BCUT2D eigenvalue weighted by Crippen LogP contribution is -2.03. The fourth-order valence-electron chi connectivity index (χ4n) is 2.22. The van der Waals surface area contributed by atoms with Crippen LogP contribution in [0.15, 0.2) is 23.6 Å². The first-order valence-corrected chi connectivity index (χ1v) is 9.86. The maximum absolute atomic E-state index is 12.0. The molecule has 3 aromatic rings. The SMILES string of the molecule is CCOC(=O)c1sc(-c2ccsc2-c2ccc(C(C)=O)s2)nc1C. The molecule has 124 valence electrons. The van der Waals surface area contributed by atoms with Gasteiger partial charge in [0.25, 0.3) is 0 Å². The van der Waals surface area contributed by atoms with E-state index < -0.39 is 0 Å². The monoisotopic (exact) mass is 377 g/mol. The van der Waals surface area contributed by atoms with Gasteiger partial charge >= 0.3 is 5.97 Å². The highest BCUT2D eigenvalue weighted by atomic mass is 32.1.